The number of hydrogen-bond donors (Lipinski definition) is 2. The second kappa shape index (κ2) is 3.67. The molecule has 0 bridgehead atoms. The molecule has 14 heavy (non-hydrogen) atoms. The SMILES string of the molecule is NCCC1CN(c2ccn[nH]2)C(=O)O1. The molecule has 3 N–H and O–H groups in total. The van der Waals surface area contributed by atoms with Gasteiger partial charge in [-0.15, -0.1) is 0 Å². The van der Waals surface area contributed by atoms with Crippen LogP contribution in [0.4, 0.5) is 10.6 Å². The largest absolute Gasteiger partial charge is 0.444 e. The molecular formula is C8H12N4O2. The molecule has 1 fully saturated rings. The third-order valence-corrected chi connectivity index (χ3v) is 2.14. The van der Waals surface area contributed by atoms with Crippen LogP contribution in [-0.2, 0) is 4.74 Å². The van der Waals surface area contributed by atoms with Crippen molar-refractivity contribution in [2.75, 3.05) is 18.0 Å². The molecule has 0 spiro atoms. The van der Waals surface area contributed by atoms with Crippen molar-refractivity contribution in [3.05, 3.63) is 12.3 Å². The Bertz CT molecular complexity index is 311. The highest BCUT2D eigenvalue weighted by Crippen LogP contribution is 2.19. The number of nitrogens with two attached hydrogens (primary N) is 1. The Morgan fingerprint density at radius 1 is 1.79 bits per heavy atom. The molecule has 6 nitrogen and oxygen atoms in total. The molecule has 0 saturated carbocycles. The fourth-order valence-corrected chi connectivity index (χ4v) is 1.45. The van der Waals surface area contributed by atoms with E-state index < -0.39 is 0 Å². The third kappa shape index (κ3) is 1.56. The van der Waals surface area contributed by atoms with E-state index in [1.165, 1.54) is 4.90 Å². The van der Waals surface area contributed by atoms with Gasteiger partial charge in [-0.2, -0.15) is 5.10 Å². The van der Waals surface area contributed by atoms with E-state index in [1.807, 2.05) is 0 Å². The minimum Gasteiger partial charge on any atom is -0.444 e. The van der Waals surface area contributed by atoms with Crippen LogP contribution in [0.25, 0.3) is 0 Å². The van der Waals surface area contributed by atoms with Crippen molar-refractivity contribution in [2.24, 2.45) is 5.73 Å². The molecule has 1 atom stereocenters. The van der Waals surface area contributed by atoms with Crippen LogP contribution in [0.5, 0.6) is 0 Å². The van der Waals surface area contributed by atoms with E-state index >= 15 is 0 Å². The number of cyclic esters (lactones) is 1. The number of nitrogens with one attached hydrogen (secondary N) is 1. The maximum Gasteiger partial charge on any atom is 0.415 e. The Labute approximate surface area is 81.0 Å². The standard InChI is InChI=1S/C8H12N4O2/c9-3-1-6-5-12(8(13)14-6)7-2-4-10-11-7/h2,4,6H,1,3,5,9H2,(H,10,11). The van der Waals surface area contributed by atoms with E-state index in [0.29, 0.717) is 25.3 Å². The lowest BCUT2D eigenvalue weighted by atomic mass is 10.2. The summed E-state index contributed by atoms with van der Waals surface area (Å²) in [5.74, 6) is 0.662. The normalized spacial score (nSPS) is 21.4. The summed E-state index contributed by atoms with van der Waals surface area (Å²) in [6.45, 7) is 1.06. The van der Waals surface area contributed by atoms with Crippen molar-refractivity contribution < 1.29 is 9.53 Å². The number of aromatic nitrogens is 2. The number of amides is 1. The van der Waals surface area contributed by atoms with Crippen LogP contribution in [0.1, 0.15) is 6.42 Å². The number of carbonyl (C=O) groups excluding carboxylic acids is 1. The smallest absolute Gasteiger partial charge is 0.415 e. The van der Waals surface area contributed by atoms with Crippen LogP contribution >= 0.6 is 0 Å². The van der Waals surface area contributed by atoms with Crippen molar-refractivity contribution in [3.8, 4) is 0 Å². The first-order valence-electron chi connectivity index (χ1n) is 4.49. The summed E-state index contributed by atoms with van der Waals surface area (Å²) in [5.41, 5.74) is 5.39. The van der Waals surface area contributed by atoms with Crippen LogP contribution in [0.3, 0.4) is 0 Å². The van der Waals surface area contributed by atoms with Gasteiger partial charge in [-0.3, -0.25) is 10.00 Å². The lowest BCUT2D eigenvalue weighted by molar-refractivity contribution is 0.138. The van der Waals surface area contributed by atoms with E-state index in [1.54, 1.807) is 12.3 Å². The molecule has 0 aromatic carbocycles. The zero-order chi connectivity index (χ0) is 9.97. The fraction of sp³-hybridized carbons (Fsp3) is 0.500. The van der Waals surface area contributed by atoms with Gasteiger partial charge in [-0.05, 0) is 13.0 Å². The highest BCUT2D eigenvalue weighted by atomic mass is 16.6. The number of anilines is 1. The van der Waals surface area contributed by atoms with Crippen molar-refractivity contribution in [2.45, 2.75) is 12.5 Å². The molecular weight excluding hydrogens is 184 g/mol. The average molecular weight is 196 g/mol. The molecule has 1 amide bonds. The molecule has 76 valence electrons. The zero-order valence-corrected chi connectivity index (χ0v) is 7.64. The fourth-order valence-electron chi connectivity index (χ4n) is 1.45. The van der Waals surface area contributed by atoms with Crippen LogP contribution < -0.4 is 10.6 Å². The van der Waals surface area contributed by atoms with Gasteiger partial charge in [-0.25, -0.2) is 4.79 Å². The number of nitrogens with zero attached hydrogens (tertiary/aromatic N) is 2. The Kier molecular flexibility index (Phi) is 2.36. The lowest BCUT2D eigenvalue weighted by Crippen LogP contribution is -2.25. The van der Waals surface area contributed by atoms with E-state index in [-0.39, 0.29) is 12.2 Å². The van der Waals surface area contributed by atoms with Crippen molar-refractivity contribution in [1.82, 2.24) is 10.2 Å². The highest BCUT2D eigenvalue weighted by molar-refractivity contribution is 5.88. The first kappa shape index (κ1) is 9.01. The minimum atomic E-state index is -0.340. The van der Waals surface area contributed by atoms with Crippen LogP contribution in [0.15, 0.2) is 12.3 Å². The summed E-state index contributed by atoms with van der Waals surface area (Å²) >= 11 is 0. The molecule has 2 heterocycles. The molecule has 1 aromatic rings. The predicted octanol–water partition coefficient (Wildman–Crippen LogP) is 0.0837. The van der Waals surface area contributed by atoms with Gasteiger partial charge in [0.1, 0.15) is 11.9 Å². The van der Waals surface area contributed by atoms with Gasteiger partial charge < -0.3 is 10.5 Å². The van der Waals surface area contributed by atoms with Gasteiger partial charge in [0.25, 0.3) is 0 Å². The summed E-state index contributed by atoms with van der Waals surface area (Å²) < 4.78 is 5.10. The zero-order valence-electron chi connectivity index (χ0n) is 7.64. The third-order valence-electron chi connectivity index (χ3n) is 2.14. The highest BCUT2D eigenvalue weighted by Gasteiger charge is 2.32. The Hall–Kier alpha value is -1.56. The van der Waals surface area contributed by atoms with Crippen molar-refractivity contribution in [3.63, 3.8) is 0 Å². The second-order valence-corrected chi connectivity index (χ2v) is 3.14. The summed E-state index contributed by atoms with van der Waals surface area (Å²) in [6.07, 6.45) is 1.85. The van der Waals surface area contributed by atoms with Crippen molar-refractivity contribution in [1.29, 1.82) is 0 Å². The van der Waals surface area contributed by atoms with Crippen LogP contribution in [0.2, 0.25) is 0 Å². The molecule has 0 aliphatic carbocycles. The van der Waals surface area contributed by atoms with Crippen LogP contribution in [0, 0.1) is 0 Å². The van der Waals surface area contributed by atoms with Gasteiger partial charge >= 0.3 is 6.09 Å². The summed E-state index contributed by atoms with van der Waals surface area (Å²) in [6, 6.07) is 1.73. The van der Waals surface area contributed by atoms with Gasteiger partial charge in [0.05, 0.1) is 12.7 Å². The topological polar surface area (TPSA) is 84.2 Å². The molecule has 1 aliphatic heterocycles. The molecule has 1 aliphatic rings. The van der Waals surface area contributed by atoms with E-state index in [2.05, 4.69) is 10.2 Å². The van der Waals surface area contributed by atoms with Crippen molar-refractivity contribution >= 4 is 11.9 Å². The number of hydrogen-bond acceptors (Lipinski definition) is 4. The quantitative estimate of drug-likeness (QED) is 0.717. The second-order valence-electron chi connectivity index (χ2n) is 3.14. The average Bonchev–Trinajstić information content (AvgIpc) is 2.74. The molecule has 6 heteroatoms. The molecule has 1 unspecified atom stereocenters. The van der Waals surface area contributed by atoms with E-state index in [0.717, 1.165) is 0 Å². The summed E-state index contributed by atoms with van der Waals surface area (Å²) in [5, 5.41) is 6.49. The number of aromatic amines is 1. The summed E-state index contributed by atoms with van der Waals surface area (Å²) in [7, 11) is 0. The van der Waals surface area contributed by atoms with Gasteiger partial charge in [0.2, 0.25) is 0 Å². The first-order chi connectivity index (χ1) is 6.81. The maximum absolute atomic E-state index is 11.4. The van der Waals surface area contributed by atoms with Gasteiger partial charge in [0, 0.05) is 6.07 Å². The monoisotopic (exact) mass is 196 g/mol. The molecule has 1 saturated heterocycles. The molecule has 2 rings (SSSR count). The maximum atomic E-state index is 11.4. The molecule has 1 aromatic heterocycles. The number of rotatable bonds is 3. The Balaban J connectivity index is 2.05. The van der Waals surface area contributed by atoms with E-state index in [4.69, 9.17) is 10.5 Å². The predicted molar refractivity (Wildman–Crippen MR) is 49.9 cm³/mol. The molecule has 0 radical (unpaired) electrons. The van der Waals surface area contributed by atoms with Gasteiger partial charge in [-0.1, -0.05) is 0 Å². The number of carbonyl (C=O) groups is 1. The van der Waals surface area contributed by atoms with E-state index in [9.17, 15) is 4.79 Å². The van der Waals surface area contributed by atoms with Gasteiger partial charge in [0.15, 0.2) is 0 Å². The lowest BCUT2D eigenvalue weighted by Gasteiger charge is -2.08. The Morgan fingerprint density at radius 3 is 3.29 bits per heavy atom. The summed E-state index contributed by atoms with van der Waals surface area (Å²) in [4.78, 5) is 12.9. The first-order valence-corrected chi connectivity index (χ1v) is 4.49. The Morgan fingerprint density at radius 2 is 2.64 bits per heavy atom. The minimum absolute atomic E-state index is 0.101. The number of H-pyrrole nitrogens is 1. The van der Waals surface area contributed by atoms with Crippen LogP contribution in [-0.4, -0.2) is 35.5 Å². The number of ether oxygens (including phenoxy) is 1.